The molecular formula is C18H31N3O2. The number of hydrogen-bond donors (Lipinski definition) is 1. The predicted octanol–water partition coefficient (Wildman–Crippen LogP) is 2.12. The van der Waals surface area contributed by atoms with E-state index in [2.05, 4.69) is 21.9 Å². The van der Waals surface area contributed by atoms with E-state index in [1.807, 2.05) is 20.2 Å². The van der Waals surface area contributed by atoms with Crippen molar-refractivity contribution < 1.29 is 9.47 Å². The van der Waals surface area contributed by atoms with Crippen LogP contribution in [0.4, 0.5) is 0 Å². The van der Waals surface area contributed by atoms with Gasteiger partial charge in [0.2, 0.25) is 0 Å². The summed E-state index contributed by atoms with van der Waals surface area (Å²) >= 11 is 0. The van der Waals surface area contributed by atoms with E-state index in [0.717, 1.165) is 31.1 Å². The summed E-state index contributed by atoms with van der Waals surface area (Å²) in [5.74, 6) is 1.59. The first kappa shape index (κ1) is 18.0. The van der Waals surface area contributed by atoms with Gasteiger partial charge in [-0.25, -0.2) is 0 Å². The normalized spacial score (nSPS) is 17.3. The molecule has 1 aromatic carbocycles. The number of methoxy groups -OCH3 is 1. The Hall–Kier alpha value is -1.30. The van der Waals surface area contributed by atoms with Crippen LogP contribution in [0.5, 0.6) is 11.5 Å². The number of piperidine rings is 1. The Balaban J connectivity index is 2.09. The minimum absolute atomic E-state index is 0.264. The molecule has 0 spiro atoms. The Morgan fingerprint density at radius 2 is 1.91 bits per heavy atom. The molecule has 1 unspecified atom stereocenters. The zero-order valence-electron chi connectivity index (χ0n) is 14.8. The summed E-state index contributed by atoms with van der Waals surface area (Å²) in [7, 11) is 5.76. The molecule has 0 saturated carbocycles. The fraction of sp³-hybridized carbons (Fsp3) is 0.667. The SMILES string of the molecule is COc1cc(C(CN)N2CCCCC2)ccc1OCCN(C)C. The van der Waals surface area contributed by atoms with E-state index < -0.39 is 0 Å². The second-order valence-corrected chi connectivity index (χ2v) is 6.41. The molecular weight excluding hydrogens is 290 g/mol. The highest BCUT2D eigenvalue weighted by Gasteiger charge is 2.22. The van der Waals surface area contributed by atoms with Gasteiger partial charge in [0.1, 0.15) is 6.61 Å². The molecule has 23 heavy (non-hydrogen) atoms. The molecule has 1 fully saturated rings. The van der Waals surface area contributed by atoms with Crippen molar-refractivity contribution >= 4 is 0 Å². The molecule has 0 aromatic heterocycles. The van der Waals surface area contributed by atoms with Crippen LogP contribution in [-0.4, -0.2) is 63.8 Å². The molecule has 0 radical (unpaired) electrons. The van der Waals surface area contributed by atoms with Crippen LogP contribution in [0.25, 0.3) is 0 Å². The van der Waals surface area contributed by atoms with Crippen LogP contribution >= 0.6 is 0 Å². The Morgan fingerprint density at radius 1 is 1.17 bits per heavy atom. The molecule has 0 amide bonds. The second-order valence-electron chi connectivity index (χ2n) is 6.41. The van der Waals surface area contributed by atoms with Crippen molar-refractivity contribution in [1.29, 1.82) is 0 Å². The summed E-state index contributed by atoms with van der Waals surface area (Å²) in [6.07, 6.45) is 3.86. The van der Waals surface area contributed by atoms with Gasteiger partial charge in [-0.15, -0.1) is 0 Å². The highest BCUT2D eigenvalue weighted by molar-refractivity contribution is 5.44. The Labute approximate surface area is 140 Å². The molecule has 1 saturated heterocycles. The van der Waals surface area contributed by atoms with Crippen LogP contribution in [0, 0.1) is 0 Å². The molecule has 1 atom stereocenters. The van der Waals surface area contributed by atoms with Crippen LogP contribution < -0.4 is 15.2 Å². The lowest BCUT2D eigenvalue weighted by Crippen LogP contribution is -2.37. The van der Waals surface area contributed by atoms with Gasteiger partial charge < -0.3 is 20.1 Å². The monoisotopic (exact) mass is 321 g/mol. The maximum absolute atomic E-state index is 6.06. The molecule has 130 valence electrons. The Morgan fingerprint density at radius 3 is 2.52 bits per heavy atom. The lowest BCUT2D eigenvalue weighted by molar-refractivity contribution is 0.167. The standard InChI is InChI=1S/C18H31N3O2/c1-20(2)11-12-23-17-8-7-15(13-18(17)22-3)16(14-19)21-9-5-4-6-10-21/h7-8,13,16H,4-6,9-12,14,19H2,1-3H3. The van der Waals surface area contributed by atoms with Gasteiger partial charge in [-0.2, -0.15) is 0 Å². The van der Waals surface area contributed by atoms with E-state index in [1.54, 1.807) is 7.11 Å². The molecule has 5 heteroatoms. The highest BCUT2D eigenvalue weighted by Crippen LogP contribution is 2.32. The van der Waals surface area contributed by atoms with Gasteiger partial charge in [0, 0.05) is 19.1 Å². The van der Waals surface area contributed by atoms with Crippen LogP contribution in [0.1, 0.15) is 30.9 Å². The minimum atomic E-state index is 0.264. The zero-order valence-corrected chi connectivity index (χ0v) is 14.8. The largest absolute Gasteiger partial charge is 0.493 e. The Kier molecular flexibility index (Phi) is 7.15. The molecule has 1 heterocycles. The summed E-state index contributed by atoms with van der Waals surface area (Å²) in [6, 6.07) is 6.48. The molecule has 1 aromatic rings. The molecule has 0 bridgehead atoms. The maximum Gasteiger partial charge on any atom is 0.161 e. The van der Waals surface area contributed by atoms with Crippen molar-refractivity contribution in [3.8, 4) is 11.5 Å². The molecule has 0 aliphatic carbocycles. The number of likely N-dealkylation sites (tertiary alicyclic amines) is 1. The third-order valence-electron chi connectivity index (χ3n) is 4.42. The van der Waals surface area contributed by atoms with Gasteiger partial charge in [-0.3, -0.25) is 4.90 Å². The number of rotatable bonds is 8. The number of nitrogens with two attached hydrogens (primary N) is 1. The summed E-state index contributed by atoms with van der Waals surface area (Å²) in [6.45, 7) is 4.42. The van der Waals surface area contributed by atoms with Crippen LogP contribution in [0.2, 0.25) is 0 Å². The van der Waals surface area contributed by atoms with Gasteiger partial charge in [0.05, 0.1) is 7.11 Å². The number of hydrogen-bond acceptors (Lipinski definition) is 5. The second kappa shape index (κ2) is 9.11. The third kappa shape index (κ3) is 5.09. The van der Waals surface area contributed by atoms with E-state index >= 15 is 0 Å². The fourth-order valence-electron chi connectivity index (χ4n) is 3.07. The molecule has 1 aliphatic rings. The summed E-state index contributed by atoms with van der Waals surface area (Å²) < 4.78 is 11.4. The minimum Gasteiger partial charge on any atom is -0.493 e. The van der Waals surface area contributed by atoms with Crippen molar-refractivity contribution in [2.24, 2.45) is 5.73 Å². The average molecular weight is 321 g/mol. The van der Waals surface area contributed by atoms with Crippen LogP contribution in [0.3, 0.4) is 0 Å². The maximum atomic E-state index is 6.06. The van der Waals surface area contributed by atoms with E-state index in [4.69, 9.17) is 15.2 Å². The highest BCUT2D eigenvalue weighted by atomic mass is 16.5. The smallest absolute Gasteiger partial charge is 0.161 e. The van der Waals surface area contributed by atoms with Crippen LogP contribution in [0.15, 0.2) is 18.2 Å². The van der Waals surface area contributed by atoms with Gasteiger partial charge >= 0.3 is 0 Å². The summed E-state index contributed by atoms with van der Waals surface area (Å²) in [5.41, 5.74) is 7.27. The first-order valence-corrected chi connectivity index (χ1v) is 8.55. The molecule has 5 nitrogen and oxygen atoms in total. The van der Waals surface area contributed by atoms with E-state index in [0.29, 0.717) is 13.2 Å². The van der Waals surface area contributed by atoms with Gasteiger partial charge in [-0.05, 0) is 57.7 Å². The molecule has 2 rings (SSSR count). The summed E-state index contributed by atoms with van der Waals surface area (Å²) in [4.78, 5) is 4.59. The zero-order chi connectivity index (χ0) is 16.7. The predicted molar refractivity (Wildman–Crippen MR) is 94.3 cm³/mol. The van der Waals surface area contributed by atoms with Crippen molar-refractivity contribution in [2.75, 3.05) is 54.0 Å². The molecule has 1 aliphatic heterocycles. The van der Waals surface area contributed by atoms with Gasteiger partial charge in [0.15, 0.2) is 11.5 Å². The van der Waals surface area contributed by atoms with E-state index in [9.17, 15) is 0 Å². The average Bonchev–Trinajstić information content (AvgIpc) is 2.57. The quantitative estimate of drug-likeness (QED) is 0.795. The molecule has 2 N–H and O–H groups in total. The number of nitrogens with zero attached hydrogens (tertiary/aromatic N) is 2. The topological polar surface area (TPSA) is 51.0 Å². The van der Waals surface area contributed by atoms with Gasteiger partial charge in [0.25, 0.3) is 0 Å². The number of likely N-dealkylation sites (N-methyl/N-ethyl adjacent to an activating group) is 1. The Bertz CT molecular complexity index is 473. The first-order chi connectivity index (χ1) is 11.2. The fourth-order valence-corrected chi connectivity index (χ4v) is 3.07. The van der Waals surface area contributed by atoms with Crippen molar-refractivity contribution in [1.82, 2.24) is 9.80 Å². The van der Waals surface area contributed by atoms with E-state index in [1.165, 1.54) is 24.8 Å². The van der Waals surface area contributed by atoms with Crippen molar-refractivity contribution in [3.05, 3.63) is 23.8 Å². The van der Waals surface area contributed by atoms with E-state index in [-0.39, 0.29) is 6.04 Å². The number of benzene rings is 1. The first-order valence-electron chi connectivity index (χ1n) is 8.55. The lowest BCUT2D eigenvalue weighted by atomic mass is 10.0. The van der Waals surface area contributed by atoms with Crippen molar-refractivity contribution in [2.45, 2.75) is 25.3 Å². The lowest BCUT2D eigenvalue weighted by Gasteiger charge is -2.34. The summed E-state index contributed by atoms with van der Waals surface area (Å²) in [5, 5.41) is 0. The third-order valence-corrected chi connectivity index (χ3v) is 4.42. The van der Waals surface area contributed by atoms with Crippen molar-refractivity contribution in [3.63, 3.8) is 0 Å². The van der Waals surface area contributed by atoms with Crippen LogP contribution in [-0.2, 0) is 0 Å². The van der Waals surface area contributed by atoms with Gasteiger partial charge in [-0.1, -0.05) is 12.5 Å². The number of ether oxygens (including phenoxy) is 2.